The molecule has 21 heavy (non-hydrogen) atoms. The number of rotatable bonds is 6. The zero-order valence-electron chi connectivity index (χ0n) is 12.3. The van der Waals surface area contributed by atoms with Crippen molar-refractivity contribution in [1.29, 1.82) is 0 Å². The van der Waals surface area contributed by atoms with E-state index in [1.54, 1.807) is 24.3 Å². The monoisotopic (exact) mass is 293 g/mol. The highest BCUT2D eigenvalue weighted by molar-refractivity contribution is 5.97. The van der Waals surface area contributed by atoms with E-state index < -0.39 is 0 Å². The van der Waals surface area contributed by atoms with Gasteiger partial charge in [0.25, 0.3) is 0 Å². The molecule has 0 bridgehead atoms. The van der Waals surface area contributed by atoms with Gasteiger partial charge in [0.05, 0.1) is 6.10 Å². The van der Waals surface area contributed by atoms with Crippen LogP contribution in [0.3, 0.4) is 0 Å². The predicted octanol–water partition coefficient (Wildman–Crippen LogP) is 0.863. The van der Waals surface area contributed by atoms with Gasteiger partial charge >= 0.3 is 0 Å². The van der Waals surface area contributed by atoms with Crippen LogP contribution in [0, 0.1) is 5.92 Å². The predicted molar refractivity (Wildman–Crippen MR) is 80.7 cm³/mol. The molecule has 1 saturated heterocycles. The van der Waals surface area contributed by atoms with Crippen LogP contribution in [0.25, 0.3) is 0 Å². The zero-order valence-corrected chi connectivity index (χ0v) is 12.3. The van der Waals surface area contributed by atoms with Crippen molar-refractivity contribution < 1.29 is 15.1 Å². The average Bonchev–Trinajstić information content (AvgIpc) is 2.96. The Morgan fingerprint density at radius 1 is 1.48 bits per heavy atom. The molecule has 0 radical (unpaired) electrons. The molecule has 0 aliphatic carbocycles. The van der Waals surface area contributed by atoms with E-state index in [2.05, 4.69) is 10.1 Å². The third kappa shape index (κ3) is 4.34. The Balaban J connectivity index is 1.74. The number of amidine groups is 1. The summed E-state index contributed by atoms with van der Waals surface area (Å²) in [5, 5.41) is 21.1. The van der Waals surface area contributed by atoms with Crippen LogP contribution in [0.2, 0.25) is 0 Å². The molecule has 1 aromatic rings. The summed E-state index contributed by atoms with van der Waals surface area (Å²) in [6, 6.07) is 7.11. The van der Waals surface area contributed by atoms with Crippen LogP contribution in [0.1, 0.15) is 18.9 Å². The van der Waals surface area contributed by atoms with Crippen LogP contribution in [0.4, 0.5) is 0 Å². The fourth-order valence-electron chi connectivity index (χ4n) is 2.53. The molecule has 2 unspecified atom stereocenters. The molecule has 2 rings (SSSR count). The molecule has 1 aliphatic heterocycles. The smallest absolute Gasteiger partial charge is 0.170 e. The summed E-state index contributed by atoms with van der Waals surface area (Å²) in [6.07, 6.45) is 0.814. The van der Waals surface area contributed by atoms with Gasteiger partial charge in [-0.2, -0.15) is 0 Å². The quantitative estimate of drug-likeness (QED) is 0.313. The summed E-state index contributed by atoms with van der Waals surface area (Å²) in [5.74, 6) is 1.23. The number of hydrogen-bond acceptors (Lipinski definition) is 5. The van der Waals surface area contributed by atoms with Crippen molar-refractivity contribution in [1.82, 2.24) is 4.90 Å². The largest absolute Gasteiger partial charge is 0.492 e. The van der Waals surface area contributed by atoms with E-state index in [0.717, 1.165) is 31.8 Å². The lowest BCUT2D eigenvalue weighted by Crippen LogP contribution is -2.28. The lowest BCUT2D eigenvalue weighted by Gasteiger charge is -2.17. The maximum absolute atomic E-state index is 9.57. The molecule has 0 saturated carbocycles. The van der Waals surface area contributed by atoms with Crippen molar-refractivity contribution >= 4 is 5.84 Å². The van der Waals surface area contributed by atoms with Gasteiger partial charge in [0.1, 0.15) is 12.4 Å². The fraction of sp³-hybridized carbons (Fsp3) is 0.533. The van der Waals surface area contributed by atoms with E-state index in [1.165, 1.54) is 0 Å². The standard InChI is InChI=1S/C15H23N3O3/c1-11(19)13-6-7-18(10-13)8-9-21-14-4-2-12(3-5-14)15(16)17-20/h2-5,11,13,19-20H,6-10H2,1H3,(H2,16,17). The van der Waals surface area contributed by atoms with E-state index in [4.69, 9.17) is 15.7 Å². The van der Waals surface area contributed by atoms with Gasteiger partial charge in [-0.1, -0.05) is 5.16 Å². The van der Waals surface area contributed by atoms with Crippen LogP contribution in [0.5, 0.6) is 5.75 Å². The van der Waals surface area contributed by atoms with Crippen LogP contribution in [-0.4, -0.2) is 53.4 Å². The Morgan fingerprint density at radius 3 is 2.76 bits per heavy atom. The minimum absolute atomic E-state index is 0.0859. The zero-order chi connectivity index (χ0) is 15.2. The minimum atomic E-state index is -0.234. The molecule has 6 heteroatoms. The Morgan fingerprint density at radius 2 is 2.19 bits per heavy atom. The highest BCUT2D eigenvalue weighted by Crippen LogP contribution is 2.19. The summed E-state index contributed by atoms with van der Waals surface area (Å²) in [5.41, 5.74) is 6.15. The van der Waals surface area contributed by atoms with Crippen LogP contribution < -0.4 is 10.5 Å². The Labute approximate surface area is 124 Å². The van der Waals surface area contributed by atoms with Crippen LogP contribution >= 0.6 is 0 Å². The SMILES string of the molecule is CC(O)C1CCN(CCOc2ccc(/C(N)=N/O)cc2)C1. The number of aliphatic hydroxyl groups excluding tert-OH is 1. The van der Waals surface area contributed by atoms with E-state index in [-0.39, 0.29) is 11.9 Å². The van der Waals surface area contributed by atoms with Crippen molar-refractivity contribution in [3.8, 4) is 5.75 Å². The first-order valence-corrected chi connectivity index (χ1v) is 7.21. The van der Waals surface area contributed by atoms with Crippen molar-refractivity contribution in [2.45, 2.75) is 19.4 Å². The van der Waals surface area contributed by atoms with Gasteiger partial charge in [-0.05, 0) is 50.1 Å². The molecule has 1 heterocycles. The molecular formula is C15H23N3O3. The Bertz CT molecular complexity index is 474. The molecular weight excluding hydrogens is 270 g/mol. The Hall–Kier alpha value is -1.79. The first kappa shape index (κ1) is 15.6. The highest BCUT2D eigenvalue weighted by Gasteiger charge is 2.25. The maximum Gasteiger partial charge on any atom is 0.170 e. The molecule has 4 N–H and O–H groups in total. The topological polar surface area (TPSA) is 91.3 Å². The summed E-state index contributed by atoms with van der Waals surface area (Å²) in [4.78, 5) is 2.31. The third-order valence-corrected chi connectivity index (χ3v) is 3.93. The first-order chi connectivity index (χ1) is 10.1. The van der Waals surface area contributed by atoms with Crippen molar-refractivity contribution in [3.63, 3.8) is 0 Å². The second-order valence-corrected chi connectivity index (χ2v) is 5.45. The third-order valence-electron chi connectivity index (χ3n) is 3.93. The number of hydrogen-bond donors (Lipinski definition) is 3. The van der Waals surface area contributed by atoms with Gasteiger partial charge in [0.2, 0.25) is 0 Å². The van der Waals surface area contributed by atoms with Crippen LogP contribution in [-0.2, 0) is 0 Å². The van der Waals surface area contributed by atoms with Gasteiger partial charge in [-0.3, -0.25) is 4.90 Å². The van der Waals surface area contributed by atoms with Crippen LogP contribution in [0.15, 0.2) is 29.4 Å². The number of nitrogens with zero attached hydrogens (tertiary/aromatic N) is 2. The van der Waals surface area contributed by atoms with Crippen molar-refractivity contribution in [2.75, 3.05) is 26.2 Å². The van der Waals surface area contributed by atoms with E-state index in [0.29, 0.717) is 18.1 Å². The maximum atomic E-state index is 9.57. The van der Waals surface area contributed by atoms with Gasteiger partial charge in [0, 0.05) is 18.7 Å². The summed E-state index contributed by atoms with van der Waals surface area (Å²) in [6.45, 7) is 5.26. The summed E-state index contributed by atoms with van der Waals surface area (Å²) in [7, 11) is 0. The minimum Gasteiger partial charge on any atom is -0.492 e. The second kappa shape index (κ2) is 7.28. The van der Waals surface area contributed by atoms with Gasteiger partial charge in [0.15, 0.2) is 5.84 Å². The molecule has 1 aromatic carbocycles. The molecule has 0 spiro atoms. The number of likely N-dealkylation sites (tertiary alicyclic amines) is 1. The first-order valence-electron chi connectivity index (χ1n) is 7.21. The molecule has 1 aliphatic rings. The molecule has 6 nitrogen and oxygen atoms in total. The fourth-order valence-corrected chi connectivity index (χ4v) is 2.53. The number of nitrogens with two attached hydrogens (primary N) is 1. The molecule has 1 fully saturated rings. The van der Waals surface area contributed by atoms with Gasteiger partial charge in [-0.15, -0.1) is 0 Å². The number of ether oxygens (including phenoxy) is 1. The highest BCUT2D eigenvalue weighted by atomic mass is 16.5. The summed E-state index contributed by atoms with van der Waals surface area (Å²) < 4.78 is 5.68. The number of oxime groups is 1. The average molecular weight is 293 g/mol. The molecule has 0 amide bonds. The number of aliphatic hydroxyl groups is 1. The second-order valence-electron chi connectivity index (χ2n) is 5.45. The molecule has 116 valence electrons. The van der Waals surface area contributed by atoms with Crippen molar-refractivity contribution in [3.05, 3.63) is 29.8 Å². The van der Waals surface area contributed by atoms with E-state index in [1.807, 2.05) is 6.92 Å². The van der Waals surface area contributed by atoms with E-state index in [9.17, 15) is 5.11 Å². The van der Waals surface area contributed by atoms with E-state index >= 15 is 0 Å². The lowest BCUT2D eigenvalue weighted by molar-refractivity contribution is 0.125. The summed E-state index contributed by atoms with van der Waals surface area (Å²) >= 11 is 0. The number of benzene rings is 1. The Kier molecular flexibility index (Phi) is 5.41. The molecule has 2 atom stereocenters. The lowest BCUT2D eigenvalue weighted by atomic mass is 10.0. The van der Waals surface area contributed by atoms with Gasteiger partial charge < -0.3 is 20.8 Å². The molecule has 0 aromatic heterocycles. The van der Waals surface area contributed by atoms with Gasteiger partial charge in [-0.25, -0.2) is 0 Å². The van der Waals surface area contributed by atoms with Crippen molar-refractivity contribution in [2.24, 2.45) is 16.8 Å². The normalized spacial score (nSPS) is 21.4.